The second-order valence-corrected chi connectivity index (χ2v) is 5.88. The molecule has 2 aromatic heterocycles. The summed E-state index contributed by atoms with van der Waals surface area (Å²) in [5.41, 5.74) is 0.514. The number of amides is 1. The number of ether oxygens (including phenoxy) is 1. The number of hydrogen-bond donors (Lipinski definition) is 1. The van der Waals surface area contributed by atoms with Gasteiger partial charge in [0.25, 0.3) is 5.91 Å². The number of nitrogens with one attached hydrogen (secondary N) is 1. The van der Waals surface area contributed by atoms with Gasteiger partial charge in [-0.25, -0.2) is 14.2 Å². The molecule has 0 spiro atoms. The van der Waals surface area contributed by atoms with Gasteiger partial charge >= 0.3 is 5.97 Å². The van der Waals surface area contributed by atoms with Gasteiger partial charge in [0.05, 0.1) is 11.3 Å². The number of hydrogen-bond acceptors (Lipinski definition) is 5. The Kier molecular flexibility index (Phi) is 5.52. The van der Waals surface area contributed by atoms with E-state index in [0.29, 0.717) is 5.69 Å². The average molecular weight is 389 g/mol. The molecular weight excluding hydrogens is 375 g/mol. The Morgan fingerprint density at radius 2 is 1.96 bits per heavy atom. The Labute approximate surface area is 158 Å². The number of halogens is 2. The van der Waals surface area contributed by atoms with Crippen LogP contribution in [-0.2, 0) is 9.53 Å². The molecule has 0 fully saturated rings. The highest BCUT2D eigenvalue weighted by Crippen LogP contribution is 2.25. The van der Waals surface area contributed by atoms with E-state index in [9.17, 15) is 14.0 Å². The predicted octanol–water partition coefficient (Wildman–Crippen LogP) is 4.32. The van der Waals surface area contributed by atoms with Crippen LogP contribution in [0.3, 0.4) is 0 Å². The molecule has 0 aliphatic heterocycles. The summed E-state index contributed by atoms with van der Waals surface area (Å²) in [6.45, 7) is 1.40. The molecule has 0 aliphatic rings. The monoisotopic (exact) mass is 388 g/mol. The van der Waals surface area contributed by atoms with E-state index in [1.165, 1.54) is 37.4 Å². The van der Waals surface area contributed by atoms with Gasteiger partial charge in [0.1, 0.15) is 11.6 Å². The second-order valence-electron chi connectivity index (χ2n) is 5.52. The van der Waals surface area contributed by atoms with Crippen LogP contribution in [0.4, 0.5) is 10.1 Å². The van der Waals surface area contributed by atoms with Crippen molar-refractivity contribution in [1.82, 2.24) is 4.98 Å². The van der Waals surface area contributed by atoms with E-state index in [4.69, 9.17) is 20.8 Å². The van der Waals surface area contributed by atoms with Crippen LogP contribution < -0.4 is 5.32 Å². The van der Waals surface area contributed by atoms with Crippen molar-refractivity contribution in [2.75, 3.05) is 5.32 Å². The van der Waals surface area contributed by atoms with Gasteiger partial charge in [0, 0.05) is 6.20 Å². The summed E-state index contributed by atoms with van der Waals surface area (Å²) in [6, 6.07) is 12.0. The number of rotatable bonds is 5. The number of esters is 1. The third-order valence-electron chi connectivity index (χ3n) is 3.62. The molecule has 0 saturated carbocycles. The summed E-state index contributed by atoms with van der Waals surface area (Å²) >= 11 is 5.87. The lowest BCUT2D eigenvalue weighted by molar-refractivity contribution is -0.123. The molecule has 0 radical (unpaired) electrons. The molecule has 1 aromatic carbocycles. The van der Waals surface area contributed by atoms with Crippen molar-refractivity contribution in [3.05, 3.63) is 71.5 Å². The first-order valence-corrected chi connectivity index (χ1v) is 8.30. The summed E-state index contributed by atoms with van der Waals surface area (Å²) < 4.78 is 24.2. The molecule has 1 atom stereocenters. The lowest BCUT2D eigenvalue weighted by Crippen LogP contribution is -2.30. The number of furan rings is 1. The van der Waals surface area contributed by atoms with Gasteiger partial charge in [-0.3, -0.25) is 4.79 Å². The van der Waals surface area contributed by atoms with E-state index in [0.717, 1.165) is 0 Å². The predicted molar refractivity (Wildman–Crippen MR) is 96.9 cm³/mol. The molecule has 0 saturated heterocycles. The van der Waals surface area contributed by atoms with Crippen molar-refractivity contribution < 1.29 is 23.1 Å². The molecule has 1 N–H and O–H groups in total. The number of anilines is 1. The van der Waals surface area contributed by atoms with E-state index in [2.05, 4.69) is 10.3 Å². The van der Waals surface area contributed by atoms with Crippen LogP contribution in [0.1, 0.15) is 17.5 Å². The fourth-order valence-electron chi connectivity index (χ4n) is 2.24. The van der Waals surface area contributed by atoms with Gasteiger partial charge in [-0.2, -0.15) is 0 Å². The molecule has 0 bridgehead atoms. The van der Waals surface area contributed by atoms with E-state index >= 15 is 0 Å². The highest BCUT2D eigenvalue weighted by Gasteiger charge is 2.22. The molecule has 8 heteroatoms. The lowest BCUT2D eigenvalue weighted by atomic mass is 10.1. The van der Waals surface area contributed by atoms with Crippen LogP contribution in [0.2, 0.25) is 5.15 Å². The topological polar surface area (TPSA) is 81.4 Å². The van der Waals surface area contributed by atoms with Crippen LogP contribution in [0, 0.1) is 5.82 Å². The Hall–Kier alpha value is -3.19. The summed E-state index contributed by atoms with van der Waals surface area (Å²) in [5.74, 6) is -1.88. The minimum absolute atomic E-state index is 0.116. The molecule has 6 nitrogen and oxygen atoms in total. The molecule has 2 heterocycles. The molecule has 3 rings (SSSR count). The van der Waals surface area contributed by atoms with Gasteiger partial charge in [0.2, 0.25) is 5.76 Å². The molecule has 1 amide bonds. The number of carbonyl (C=O) groups is 2. The number of aromatic nitrogens is 1. The summed E-state index contributed by atoms with van der Waals surface area (Å²) in [6.07, 6.45) is 0.363. The summed E-state index contributed by atoms with van der Waals surface area (Å²) in [7, 11) is 0. The zero-order valence-electron chi connectivity index (χ0n) is 14.1. The Balaban J connectivity index is 1.66. The minimum Gasteiger partial charge on any atom is -0.449 e. The molecule has 3 aromatic rings. The largest absolute Gasteiger partial charge is 0.449 e. The standard InChI is InChI=1S/C19H14ClFN2O4/c1-11(18(24)23-14-7-4-10-22-17(14)20)26-19(25)16-9-8-15(27-16)12-5-2-3-6-13(12)21/h2-11H,1H3,(H,23,24)/t11-/m0/s1. The van der Waals surface area contributed by atoms with Gasteiger partial charge in [-0.1, -0.05) is 23.7 Å². The average Bonchev–Trinajstić information content (AvgIpc) is 3.14. The highest BCUT2D eigenvalue weighted by atomic mass is 35.5. The third-order valence-corrected chi connectivity index (χ3v) is 3.92. The van der Waals surface area contributed by atoms with Crippen LogP contribution in [-0.4, -0.2) is 23.0 Å². The quantitative estimate of drug-likeness (QED) is 0.520. The SMILES string of the molecule is C[C@H](OC(=O)c1ccc(-c2ccccc2F)o1)C(=O)Nc1cccnc1Cl. The van der Waals surface area contributed by atoms with Crippen molar-refractivity contribution in [3.8, 4) is 11.3 Å². The van der Waals surface area contributed by atoms with E-state index in [1.807, 2.05) is 0 Å². The van der Waals surface area contributed by atoms with Crippen molar-refractivity contribution in [1.29, 1.82) is 0 Å². The summed E-state index contributed by atoms with van der Waals surface area (Å²) in [5, 5.41) is 2.63. The Morgan fingerprint density at radius 3 is 2.70 bits per heavy atom. The molecule has 27 heavy (non-hydrogen) atoms. The Morgan fingerprint density at radius 1 is 1.19 bits per heavy atom. The van der Waals surface area contributed by atoms with Crippen LogP contribution in [0.15, 0.2) is 59.1 Å². The van der Waals surface area contributed by atoms with Gasteiger partial charge in [-0.05, 0) is 43.3 Å². The first-order chi connectivity index (χ1) is 13.0. The molecule has 138 valence electrons. The fourth-order valence-corrected chi connectivity index (χ4v) is 2.41. The third kappa shape index (κ3) is 4.32. The van der Waals surface area contributed by atoms with Crippen LogP contribution >= 0.6 is 11.6 Å². The van der Waals surface area contributed by atoms with Gasteiger partial charge in [0.15, 0.2) is 11.3 Å². The van der Waals surface area contributed by atoms with Crippen molar-refractivity contribution >= 4 is 29.2 Å². The smallest absolute Gasteiger partial charge is 0.375 e. The van der Waals surface area contributed by atoms with Crippen LogP contribution in [0.5, 0.6) is 0 Å². The number of pyridine rings is 1. The second kappa shape index (κ2) is 8.01. The zero-order chi connectivity index (χ0) is 19.4. The lowest BCUT2D eigenvalue weighted by Gasteiger charge is -2.13. The van der Waals surface area contributed by atoms with Gasteiger partial charge in [-0.15, -0.1) is 0 Å². The number of carbonyl (C=O) groups excluding carboxylic acids is 2. The molecule has 0 unspecified atom stereocenters. The highest BCUT2D eigenvalue weighted by molar-refractivity contribution is 6.32. The van der Waals surface area contributed by atoms with E-state index in [1.54, 1.807) is 24.3 Å². The molecule has 0 aliphatic carbocycles. The summed E-state index contributed by atoms with van der Waals surface area (Å²) in [4.78, 5) is 28.2. The maximum absolute atomic E-state index is 13.8. The first-order valence-electron chi connectivity index (χ1n) is 7.93. The number of benzene rings is 1. The fraction of sp³-hybridized carbons (Fsp3) is 0.105. The molecular formula is C19H14ClFN2O4. The number of nitrogens with zero attached hydrogens (tertiary/aromatic N) is 1. The van der Waals surface area contributed by atoms with Gasteiger partial charge < -0.3 is 14.5 Å². The van der Waals surface area contributed by atoms with Crippen molar-refractivity contribution in [2.45, 2.75) is 13.0 Å². The van der Waals surface area contributed by atoms with Crippen molar-refractivity contribution in [3.63, 3.8) is 0 Å². The van der Waals surface area contributed by atoms with Crippen molar-refractivity contribution in [2.24, 2.45) is 0 Å². The first kappa shape index (κ1) is 18.6. The minimum atomic E-state index is -1.12. The zero-order valence-corrected chi connectivity index (χ0v) is 14.9. The normalized spacial score (nSPS) is 11.7. The van der Waals surface area contributed by atoms with E-state index < -0.39 is 23.8 Å². The maximum atomic E-state index is 13.8. The maximum Gasteiger partial charge on any atom is 0.375 e. The Bertz CT molecular complexity index is 989. The van der Waals surface area contributed by atoms with Crippen LogP contribution in [0.25, 0.3) is 11.3 Å². The van der Waals surface area contributed by atoms with E-state index in [-0.39, 0.29) is 22.2 Å².